The predicted molar refractivity (Wildman–Crippen MR) is 62.0 cm³/mol. The van der Waals surface area contributed by atoms with Crippen LogP contribution in [-0.4, -0.2) is 11.2 Å². The molecule has 1 heterocycles. The third-order valence-corrected chi connectivity index (χ3v) is 2.04. The van der Waals surface area contributed by atoms with Crippen molar-refractivity contribution < 1.29 is 0 Å². The number of aromatic nitrogens is 1. The molecule has 0 amide bonds. The Morgan fingerprint density at radius 3 is 2.67 bits per heavy atom. The lowest BCUT2D eigenvalue weighted by Crippen LogP contribution is -1.84. The van der Waals surface area contributed by atoms with Crippen molar-refractivity contribution in [3.05, 3.63) is 66.0 Å². The van der Waals surface area contributed by atoms with E-state index < -0.39 is 0 Å². The van der Waals surface area contributed by atoms with Crippen molar-refractivity contribution in [1.29, 1.82) is 0 Å². The zero-order valence-corrected chi connectivity index (χ0v) is 8.38. The third-order valence-electron chi connectivity index (χ3n) is 2.04. The van der Waals surface area contributed by atoms with Gasteiger partial charge in [0.2, 0.25) is 0 Å². The molecule has 2 aromatic rings. The van der Waals surface area contributed by atoms with Crippen molar-refractivity contribution >= 4 is 6.21 Å². The molecular weight excluding hydrogens is 184 g/mol. The Kier molecular flexibility index (Phi) is 3.23. The summed E-state index contributed by atoms with van der Waals surface area (Å²) in [6, 6.07) is 14.1. The van der Waals surface area contributed by atoms with Crippen molar-refractivity contribution in [1.82, 2.24) is 4.98 Å². The van der Waals surface area contributed by atoms with Gasteiger partial charge >= 0.3 is 0 Å². The van der Waals surface area contributed by atoms with Crippen LogP contribution in [0.15, 0.2) is 59.9 Å². The van der Waals surface area contributed by atoms with Crippen LogP contribution in [0, 0.1) is 0 Å². The van der Waals surface area contributed by atoms with Gasteiger partial charge in [0, 0.05) is 24.2 Å². The molecular formula is C13H12N2. The lowest BCUT2D eigenvalue weighted by Gasteiger charge is -1.94. The van der Waals surface area contributed by atoms with Gasteiger partial charge in [-0.15, -0.1) is 0 Å². The largest absolute Gasteiger partial charge is 0.288 e. The Hall–Kier alpha value is -1.96. The quantitative estimate of drug-likeness (QED) is 0.693. The van der Waals surface area contributed by atoms with E-state index >= 15 is 0 Å². The Balaban J connectivity index is 1.97. The zero-order valence-electron chi connectivity index (χ0n) is 8.38. The van der Waals surface area contributed by atoms with Gasteiger partial charge in [0.15, 0.2) is 0 Å². The maximum atomic E-state index is 4.35. The van der Waals surface area contributed by atoms with Crippen LogP contribution in [0.5, 0.6) is 0 Å². The Bertz CT molecular complexity index is 421. The number of pyridine rings is 1. The molecule has 2 rings (SSSR count). The molecule has 15 heavy (non-hydrogen) atoms. The minimum Gasteiger partial charge on any atom is -0.288 e. The van der Waals surface area contributed by atoms with Gasteiger partial charge in [-0.1, -0.05) is 36.4 Å². The SMILES string of the molecule is C(=NCc1ccccc1)c1cccnc1. The summed E-state index contributed by atoms with van der Waals surface area (Å²) in [4.78, 5) is 8.37. The number of rotatable bonds is 3. The number of nitrogens with zero attached hydrogens (tertiary/aromatic N) is 2. The van der Waals surface area contributed by atoms with Crippen LogP contribution >= 0.6 is 0 Å². The maximum absolute atomic E-state index is 4.35. The molecule has 0 aliphatic heterocycles. The number of benzene rings is 1. The fourth-order valence-electron chi connectivity index (χ4n) is 1.29. The van der Waals surface area contributed by atoms with Crippen LogP contribution in [-0.2, 0) is 6.54 Å². The average Bonchev–Trinajstić information content (AvgIpc) is 2.32. The fourth-order valence-corrected chi connectivity index (χ4v) is 1.29. The molecule has 0 aliphatic carbocycles. The summed E-state index contributed by atoms with van der Waals surface area (Å²) >= 11 is 0. The smallest absolute Gasteiger partial charge is 0.0639 e. The van der Waals surface area contributed by atoms with Gasteiger partial charge in [0.1, 0.15) is 0 Å². The van der Waals surface area contributed by atoms with E-state index in [2.05, 4.69) is 22.1 Å². The highest BCUT2D eigenvalue weighted by Crippen LogP contribution is 2.00. The number of hydrogen-bond acceptors (Lipinski definition) is 2. The molecule has 0 bridgehead atoms. The van der Waals surface area contributed by atoms with Crippen LogP contribution in [0.2, 0.25) is 0 Å². The molecule has 2 nitrogen and oxygen atoms in total. The van der Waals surface area contributed by atoms with Crippen LogP contribution in [0.4, 0.5) is 0 Å². The summed E-state index contributed by atoms with van der Waals surface area (Å²) in [5, 5.41) is 0. The third kappa shape index (κ3) is 3.02. The highest BCUT2D eigenvalue weighted by Gasteiger charge is 1.87. The van der Waals surface area contributed by atoms with Crippen LogP contribution in [0.3, 0.4) is 0 Å². The van der Waals surface area contributed by atoms with Crippen LogP contribution < -0.4 is 0 Å². The first-order chi connectivity index (χ1) is 7.45. The molecule has 0 N–H and O–H groups in total. The second-order valence-corrected chi connectivity index (χ2v) is 3.24. The molecule has 0 unspecified atom stereocenters. The molecule has 0 aliphatic rings. The standard InChI is InChI=1S/C13H12N2/c1-2-5-12(6-3-1)9-15-11-13-7-4-8-14-10-13/h1-8,10-11H,9H2. The lowest BCUT2D eigenvalue weighted by molar-refractivity contribution is 1.08. The van der Waals surface area contributed by atoms with Crippen molar-refractivity contribution in [2.75, 3.05) is 0 Å². The highest BCUT2D eigenvalue weighted by atomic mass is 14.7. The van der Waals surface area contributed by atoms with Crippen LogP contribution in [0.25, 0.3) is 0 Å². The Labute approximate surface area is 89.3 Å². The molecule has 2 heteroatoms. The van der Waals surface area contributed by atoms with Crippen LogP contribution in [0.1, 0.15) is 11.1 Å². The second kappa shape index (κ2) is 5.05. The van der Waals surface area contributed by atoms with Crippen molar-refractivity contribution in [3.63, 3.8) is 0 Å². The summed E-state index contributed by atoms with van der Waals surface area (Å²) in [5.74, 6) is 0. The summed E-state index contributed by atoms with van der Waals surface area (Å²) in [6.07, 6.45) is 5.41. The van der Waals surface area contributed by atoms with Gasteiger partial charge in [0.25, 0.3) is 0 Å². The maximum Gasteiger partial charge on any atom is 0.0639 e. The zero-order chi connectivity index (χ0) is 10.3. The number of aliphatic imine (C=N–C) groups is 1. The minimum atomic E-state index is 0.718. The average molecular weight is 196 g/mol. The lowest BCUT2D eigenvalue weighted by atomic mass is 10.2. The minimum absolute atomic E-state index is 0.718. The van der Waals surface area contributed by atoms with E-state index in [4.69, 9.17) is 0 Å². The molecule has 0 saturated heterocycles. The summed E-state index contributed by atoms with van der Waals surface area (Å²) in [6.45, 7) is 0.718. The molecule has 74 valence electrons. The van der Waals surface area contributed by atoms with E-state index in [0.717, 1.165) is 12.1 Å². The van der Waals surface area contributed by atoms with Crippen molar-refractivity contribution in [3.8, 4) is 0 Å². The molecule has 0 saturated carbocycles. The first kappa shape index (κ1) is 9.59. The molecule has 0 radical (unpaired) electrons. The topological polar surface area (TPSA) is 25.2 Å². The molecule has 0 atom stereocenters. The van der Waals surface area contributed by atoms with Gasteiger partial charge in [-0.05, 0) is 11.6 Å². The Morgan fingerprint density at radius 2 is 1.93 bits per heavy atom. The van der Waals surface area contributed by atoms with Gasteiger partial charge in [-0.2, -0.15) is 0 Å². The highest BCUT2D eigenvalue weighted by molar-refractivity contribution is 5.78. The van der Waals surface area contributed by atoms with E-state index in [-0.39, 0.29) is 0 Å². The summed E-state index contributed by atoms with van der Waals surface area (Å²) in [7, 11) is 0. The first-order valence-corrected chi connectivity index (χ1v) is 4.89. The molecule has 1 aromatic carbocycles. The second-order valence-electron chi connectivity index (χ2n) is 3.24. The number of hydrogen-bond donors (Lipinski definition) is 0. The molecule has 0 spiro atoms. The molecule has 1 aromatic heterocycles. The summed E-state index contributed by atoms with van der Waals surface area (Å²) < 4.78 is 0. The van der Waals surface area contributed by atoms with Gasteiger partial charge in [0.05, 0.1) is 6.54 Å². The normalized spacial score (nSPS) is 10.7. The Morgan fingerprint density at radius 1 is 1.07 bits per heavy atom. The predicted octanol–water partition coefficient (Wildman–Crippen LogP) is 2.70. The van der Waals surface area contributed by atoms with E-state index in [1.165, 1.54) is 5.56 Å². The van der Waals surface area contributed by atoms with E-state index in [1.54, 1.807) is 12.4 Å². The van der Waals surface area contributed by atoms with Crippen molar-refractivity contribution in [2.24, 2.45) is 4.99 Å². The van der Waals surface area contributed by atoms with E-state index in [1.807, 2.05) is 36.5 Å². The van der Waals surface area contributed by atoms with Gasteiger partial charge < -0.3 is 0 Å². The van der Waals surface area contributed by atoms with Gasteiger partial charge in [-0.25, -0.2) is 0 Å². The van der Waals surface area contributed by atoms with E-state index in [0.29, 0.717) is 0 Å². The monoisotopic (exact) mass is 196 g/mol. The van der Waals surface area contributed by atoms with Crippen molar-refractivity contribution in [2.45, 2.75) is 6.54 Å². The summed E-state index contributed by atoms with van der Waals surface area (Å²) in [5.41, 5.74) is 2.26. The van der Waals surface area contributed by atoms with E-state index in [9.17, 15) is 0 Å². The fraction of sp³-hybridized carbons (Fsp3) is 0.0769. The first-order valence-electron chi connectivity index (χ1n) is 4.89. The van der Waals surface area contributed by atoms with Gasteiger partial charge in [-0.3, -0.25) is 9.98 Å². The molecule has 0 fully saturated rings.